The van der Waals surface area contributed by atoms with E-state index in [1.165, 1.54) is 0 Å². The Morgan fingerprint density at radius 3 is 2.40 bits per heavy atom. The summed E-state index contributed by atoms with van der Waals surface area (Å²) < 4.78 is 27.1. The molecule has 5 nitrogen and oxygen atoms in total. The van der Waals surface area contributed by atoms with Crippen molar-refractivity contribution in [1.82, 2.24) is 5.32 Å². The minimum Gasteiger partial charge on any atom is -0.349 e. The van der Waals surface area contributed by atoms with Gasteiger partial charge in [-0.1, -0.05) is 20.8 Å². The Bertz CT molecular complexity index is 533. The van der Waals surface area contributed by atoms with E-state index in [0.29, 0.717) is 18.6 Å². The highest BCUT2D eigenvalue weighted by Gasteiger charge is 2.23. The zero-order valence-electron chi connectivity index (χ0n) is 11.4. The third-order valence-electron chi connectivity index (χ3n) is 3.04. The molecule has 0 aromatic heterocycles. The summed E-state index contributed by atoms with van der Waals surface area (Å²) >= 11 is 0. The first-order valence-corrected chi connectivity index (χ1v) is 6.22. The minimum absolute atomic E-state index is 0.134. The first-order valence-electron chi connectivity index (χ1n) is 6.22. The van der Waals surface area contributed by atoms with Gasteiger partial charge in [0.1, 0.15) is 5.82 Å². The second-order valence-corrected chi connectivity index (χ2v) is 4.77. The number of nitrogens with zero attached hydrogens (tertiary/aromatic N) is 1. The lowest BCUT2D eigenvalue weighted by Crippen LogP contribution is -2.38. The van der Waals surface area contributed by atoms with E-state index in [4.69, 9.17) is 0 Å². The molecule has 20 heavy (non-hydrogen) atoms. The molecule has 1 N–H and O–H groups in total. The van der Waals surface area contributed by atoms with E-state index in [1.54, 1.807) is 0 Å². The molecule has 0 radical (unpaired) electrons. The molecule has 0 saturated carbocycles. The third-order valence-corrected chi connectivity index (χ3v) is 3.04. The molecule has 1 unspecified atom stereocenters. The second kappa shape index (κ2) is 6.40. The van der Waals surface area contributed by atoms with E-state index in [-0.39, 0.29) is 12.0 Å². The van der Waals surface area contributed by atoms with Crippen LogP contribution in [0.15, 0.2) is 12.1 Å². The monoisotopic (exact) mass is 286 g/mol. The summed E-state index contributed by atoms with van der Waals surface area (Å²) in [4.78, 5) is 21.3. The van der Waals surface area contributed by atoms with Crippen LogP contribution in [0.2, 0.25) is 0 Å². The second-order valence-electron chi connectivity index (χ2n) is 4.77. The van der Waals surface area contributed by atoms with Crippen LogP contribution in [-0.2, 0) is 0 Å². The molecule has 1 atom stereocenters. The van der Waals surface area contributed by atoms with Gasteiger partial charge >= 0.3 is 5.69 Å². The zero-order chi connectivity index (χ0) is 15.4. The Hall–Kier alpha value is -2.05. The molecule has 1 aromatic rings. The van der Waals surface area contributed by atoms with Gasteiger partial charge in [-0.3, -0.25) is 14.9 Å². The summed E-state index contributed by atoms with van der Waals surface area (Å²) in [5.41, 5.74) is -1.53. The minimum atomic E-state index is -1.24. The van der Waals surface area contributed by atoms with Gasteiger partial charge in [-0.05, 0) is 18.4 Å². The van der Waals surface area contributed by atoms with Crippen molar-refractivity contribution in [3.8, 4) is 0 Å². The third kappa shape index (κ3) is 3.49. The smallest absolute Gasteiger partial charge is 0.307 e. The lowest BCUT2D eigenvalue weighted by molar-refractivity contribution is -0.387. The molecule has 0 heterocycles. The van der Waals surface area contributed by atoms with E-state index in [2.05, 4.69) is 5.32 Å². The van der Waals surface area contributed by atoms with Gasteiger partial charge in [0.2, 0.25) is 5.82 Å². The summed E-state index contributed by atoms with van der Waals surface area (Å²) in [5, 5.41) is 13.1. The van der Waals surface area contributed by atoms with Crippen LogP contribution in [0.3, 0.4) is 0 Å². The van der Waals surface area contributed by atoms with E-state index in [0.717, 1.165) is 0 Å². The molecule has 7 heteroatoms. The van der Waals surface area contributed by atoms with E-state index >= 15 is 0 Å². The van der Waals surface area contributed by atoms with Crippen molar-refractivity contribution < 1.29 is 18.5 Å². The topological polar surface area (TPSA) is 72.2 Å². The lowest BCUT2D eigenvalue weighted by Gasteiger charge is -2.20. The first kappa shape index (κ1) is 16.0. The van der Waals surface area contributed by atoms with Crippen LogP contribution < -0.4 is 5.32 Å². The standard InChI is InChI=1S/C13H16F2N2O3/c1-4-11(7(2)3)16-13(18)8-5-10(15)12(17(19)20)6-9(8)14/h5-7,11H,4H2,1-3H3,(H,16,18). The fourth-order valence-electron chi connectivity index (χ4n) is 1.84. The van der Waals surface area contributed by atoms with E-state index in [1.807, 2.05) is 20.8 Å². The highest BCUT2D eigenvalue weighted by Crippen LogP contribution is 2.21. The number of amides is 1. The summed E-state index contributed by atoms with van der Waals surface area (Å²) in [6.45, 7) is 5.64. The molecular weight excluding hydrogens is 270 g/mol. The Morgan fingerprint density at radius 1 is 1.35 bits per heavy atom. The molecule has 1 amide bonds. The fraction of sp³-hybridized carbons (Fsp3) is 0.462. The Labute approximate surface area is 115 Å². The maximum Gasteiger partial charge on any atom is 0.307 e. The van der Waals surface area contributed by atoms with Crippen LogP contribution in [0.25, 0.3) is 0 Å². The number of nitro groups is 1. The molecule has 0 fully saturated rings. The van der Waals surface area contributed by atoms with Crippen LogP contribution >= 0.6 is 0 Å². The van der Waals surface area contributed by atoms with Gasteiger partial charge in [-0.15, -0.1) is 0 Å². The van der Waals surface area contributed by atoms with Gasteiger partial charge in [-0.2, -0.15) is 4.39 Å². The maximum absolute atomic E-state index is 13.7. The highest BCUT2D eigenvalue weighted by atomic mass is 19.1. The molecule has 1 rings (SSSR count). The maximum atomic E-state index is 13.7. The van der Waals surface area contributed by atoms with Crippen molar-refractivity contribution in [2.75, 3.05) is 0 Å². The number of hydrogen-bond donors (Lipinski definition) is 1. The Morgan fingerprint density at radius 2 is 1.95 bits per heavy atom. The van der Waals surface area contributed by atoms with Gasteiger partial charge < -0.3 is 5.32 Å². The van der Waals surface area contributed by atoms with Gasteiger partial charge in [0.25, 0.3) is 5.91 Å². The van der Waals surface area contributed by atoms with E-state index in [9.17, 15) is 23.7 Å². The van der Waals surface area contributed by atoms with Gasteiger partial charge in [0.05, 0.1) is 16.6 Å². The largest absolute Gasteiger partial charge is 0.349 e. The zero-order valence-corrected chi connectivity index (χ0v) is 11.4. The molecule has 110 valence electrons. The number of benzene rings is 1. The predicted octanol–water partition coefficient (Wildman–Crippen LogP) is 3.04. The molecule has 0 spiro atoms. The lowest BCUT2D eigenvalue weighted by atomic mass is 10.0. The number of nitro benzene ring substituents is 1. The number of hydrogen-bond acceptors (Lipinski definition) is 3. The van der Waals surface area contributed by atoms with E-state index < -0.39 is 33.7 Å². The number of nitrogens with one attached hydrogen (secondary N) is 1. The fourth-order valence-corrected chi connectivity index (χ4v) is 1.84. The SMILES string of the molecule is CCC(NC(=O)c1cc(F)c([N+](=O)[O-])cc1F)C(C)C. The Balaban J connectivity index is 3.05. The molecule has 0 bridgehead atoms. The van der Waals surface area contributed by atoms with Crippen LogP contribution in [0.1, 0.15) is 37.6 Å². The number of carbonyl (C=O) groups is 1. The summed E-state index contributed by atoms with van der Waals surface area (Å²) in [5.74, 6) is -3.00. The molecule has 0 aliphatic carbocycles. The average Bonchev–Trinajstić information content (AvgIpc) is 2.37. The molecule has 0 aliphatic heterocycles. The summed E-state index contributed by atoms with van der Waals surface area (Å²) in [6, 6.07) is 0.788. The van der Waals surface area contributed by atoms with Crippen LogP contribution in [-0.4, -0.2) is 16.9 Å². The van der Waals surface area contributed by atoms with Crippen molar-refractivity contribution >= 4 is 11.6 Å². The van der Waals surface area contributed by atoms with Crippen molar-refractivity contribution in [2.45, 2.75) is 33.2 Å². The number of halogens is 2. The first-order chi connectivity index (χ1) is 9.27. The highest BCUT2D eigenvalue weighted by molar-refractivity contribution is 5.95. The quantitative estimate of drug-likeness (QED) is 0.668. The van der Waals surface area contributed by atoms with Gasteiger partial charge in [0, 0.05) is 6.04 Å². The van der Waals surface area contributed by atoms with Gasteiger partial charge in [0.15, 0.2) is 0 Å². The van der Waals surface area contributed by atoms with Crippen molar-refractivity contribution in [1.29, 1.82) is 0 Å². The van der Waals surface area contributed by atoms with Crippen molar-refractivity contribution in [2.24, 2.45) is 5.92 Å². The summed E-state index contributed by atoms with van der Waals surface area (Å²) in [7, 11) is 0. The van der Waals surface area contributed by atoms with Crippen LogP contribution in [0.4, 0.5) is 14.5 Å². The predicted molar refractivity (Wildman–Crippen MR) is 69.4 cm³/mol. The van der Waals surface area contributed by atoms with Crippen molar-refractivity contribution in [3.05, 3.63) is 39.4 Å². The number of carbonyl (C=O) groups excluding carboxylic acids is 1. The Kier molecular flexibility index (Phi) is 5.12. The molecule has 1 aromatic carbocycles. The molecule has 0 aliphatic rings. The van der Waals surface area contributed by atoms with Crippen LogP contribution in [0.5, 0.6) is 0 Å². The average molecular weight is 286 g/mol. The number of rotatable bonds is 5. The van der Waals surface area contributed by atoms with Gasteiger partial charge in [-0.25, -0.2) is 4.39 Å². The van der Waals surface area contributed by atoms with Crippen molar-refractivity contribution in [3.63, 3.8) is 0 Å². The van der Waals surface area contributed by atoms with Crippen LogP contribution in [0, 0.1) is 27.7 Å². The molecular formula is C13H16F2N2O3. The molecule has 0 saturated heterocycles. The normalized spacial score (nSPS) is 12.3. The summed E-state index contributed by atoms with van der Waals surface area (Å²) in [6.07, 6.45) is 0.639.